The highest BCUT2D eigenvalue weighted by molar-refractivity contribution is 7.92. The van der Waals surface area contributed by atoms with Crippen LogP contribution in [0.5, 0.6) is 0 Å². The summed E-state index contributed by atoms with van der Waals surface area (Å²) in [5, 5.41) is 4.42. The van der Waals surface area contributed by atoms with Gasteiger partial charge in [0.2, 0.25) is 17.2 Å². The zero-order valence-corrected chi connectivity index (χ0v) is 36.3. The molecular weight excluding hydrogens is 823 g/mol. The number of esters is 3. The number of β-lactam (4-membered cyclic amide) rings is 1. The predicted octanol–water partition coefficient (Wildman–Crippen LogP) is 6.51. The Morgan fingerprint density at radius 2 is 1.22 bits per heavy atom. The molecule has 0 aromatic heterocycles. The zero-order chi connectivity index (χ0) is 44.7. The van der Waals surface area contributed by atoms with E-state index in [2.05, 4.69) is 17.6 Å². The number of nitrogens with one attached hydrogen (secondary N) is 2. The molecule has 1 saturated heterocycles. The lowest BCUT2D eigenvalue weighted by molar-refractivity contribution is -0.155. The van der Waals surface area contributed by atoms with Crippen molar-refractivity contribution in [1.29, 1.82) is 0 Å². The molecule has 0 aliphatic carbocycles. The van der Waals surface area contributed by atoms with Crippen LogP contribution >= 0.6 is 0 Å². The summed E-state index contributed by atoms with van der Waals surface area (Å²) < 4.78 is 31.1. The lowest BCUT2D eigenvalue weighted by Crippen LogP contribution is -2.75. The molecule has 13 nitrogen and oxygen atoms in total. The van der Waals surface area contributed by atoms with E-state index >= 15 is 0 Å². The SMILES string of the molecule is CCCCCCC(=O)NC(CCCC(=O)N[C@@H]1C(=O)N2C(C(=O)OC(c3ccccc3)c3ccccc3)=C(COC(C)=O)C[S+]([O-])[C@@H]12)C(=O)OC(c1ccccc1)c1ccccc1. The van der Waals surface area contributed by atoms with Gasteiger partial charge in [-0.3, -0.25) is 24.1 Å². The third-order valence-electron chi connectivity index (χ3n) is 10.8. The van der Waals surface area contributed by atoms with Crippen molar-refractivity contribution in [3.05, 3.63) is 155 Å². The van der Waals surface area contributed by atoms with Crippen LogP contribution in [-0.2, 0) is 54.2 Å². The maximum atomic E-state index is 14.2. The van der Waals surface area contributed by atoms with Crippen molar-refractivity contribution in [2.24, 2.45) is 0 Å². The molecule has 4 atom stereocenters. The predicted molar refractivity (Wildman–Crippen MR) is 235 cm³/mol. The molecule has 0 bridgehead atoms. The molecule has 2 aliphatic rings. The Labute approximate surface area is 370 Å². The molecule has 330 valence electrons. The minimum absolute atomic E-state index is 0.0611. The van der Waals surface area contributed by atoms with Gasteiger partial charge in [0.25, 0.3) is 5.91 Å². The van der Waals surface area contributed by atoms with Crippen molar-refractivity contribution >= 4 is 46.8 Å². The Morgan fingerprint density at radius 1 is 0.714 bits per heavy atom. The summed E-state index contributed by atoms with van der Waals surface area (Å²) >= 11 is -1.81. The third kappa shape index (κ3) is 12.2. The molecule has 2 N–H and O–H groups in total. The number of hydrogen-bond acceptors (Lipinski definition) is 10. The van der Waals surface area contributed by atoms with Crippen molar-refractivity contribution in [2.45, 2.75) is 94.9 Å². The Bertz CT molecular complexity index is 2150. The third-order valence-corrected chi connectivity index (χ3v) is 12.5. The standard InChI is InChI=1S/C49H53N3O10S/c1-3-4-5-18-29-40(54)50-39(48(57)61-44(34-20-10-6-11-21-34)35-22-12-7-13-23-35)28-19-30-41(55)51-42-46(56)52-43(38(31-60-33(2)53)32-63(59)47(42)52)49(58)62-45(36-24-14-8-15-25-36)37-26-16-9-17-27-37/h6-17,20-27,39,42,44-45,47H,3-5,18-19,28-32H2,1-2H3,(H,50,54)(H,51,55)/t39?,42-,47+,63?/m1/s1. The maximum Gasteiger partial charge on any atom is 0.356 e. The second kappa shape index (κ2) is 22.7. The topological polar surface area (TPSA) is 180 Å². The fourth-order valence-electron chi connectivity index (χ4n) is 7.61. The number of hydrogen-bond donors (Lipinski definition) is 2. The summed E-state index contributed by atoms with van der Waals surface area (Å²) in [5.41, 5.74) is 2.79. The van der Waals surface area contributed by atoms with Gasteiger partial charge in [-0.1, -0.05) is 148 Å². The number of benzene rings is 4. The first-order valence-corrected chi connectivity index (χ1v) is 22.7. The van der Waals surface area contributed by atoms with E-state index in [1.165, 1.54) is 6.92 Å². The maximum absolute atomic E-state index is 14.2. The number of carbonyl (C=O) groups excluding carboxylic acids is 6. The van der Waals surface area contributed by atoms with Gasteiger partial charge in [0, 0.05) is 25.3 Å². The van der Waals surface area contributed by atoms with Gasteiger partial charge in [0.1, 0.15) is 24.1 Å². The Balaban J connectivity index is 1.14. The van der Waals surface area contributed by atoms with Crippen LogP contribution in [0, 0.1) is 0 Å². The van der Waals surface area contributed by atoms with Gasteiger partial charge in [-0.25, -0.2) is 9.59 Å². The van der Waals surface area contributed by atoms with E-state index in [1.54, 1.807) is 48.5 Å². The van der Waals surface area contributed by atoms with Crippen LogP contribution < -0.4 is 10.6 Å². The van der Waals surface area contributed by atoms with Crippen molar-refractivity contribution in [3.8, 4) is 0 Å². The monoisotopic (exact) mass is 875 g/mol. The van der Waals surface area contributed by atoms with Crippen LogP contribution in [0.1, 0.15) is 99.7 Å². The number of fused-ring (bicyclic) bond motifs is 1. The molecule has 14 heteroatoms. The quantitative estimate of drug-likeness (QED) is 0.0308. The second-order valence-corrected chi connectivity index (χ2v) is 17.0. The molecule has 2 unspecified atom stereocenters. The van der Waals surface area contributed by atoms with Gasteiger partial charge >= 0.3 is 17.9 Å². The number of ether oxygens (including phenoxy) is 3. The van der Waals surface area contributed by atoms with Gasteiger partial charge < -0.3 is 29.4 Å². The highest BCUT2D eigenvalue weighted by Crippen LogP contribution is 2.39. The van der Waals surface area contributed by atoms with E-state index in [9.17, 15) is 33.3 Å². The number of nitrogens with zero attached hydrogens (tertiary/aromatic N) is 1. The number of amides is 3. The summed E-state index contributed by atoms with van der Waals surface area (Å²) in [6.07, 6.45) is 2.20. The minimum Gasteiger partial charge on any atom is -0.614 e. The number of unbranched alkanes of at least 4 members (excludes halogenated alkanes) is 3. The van der Waals surface area contributed by atoms with Crippen molar-refractivity contribution in [1.82, 2.24) is 15.5 Å². The van der Waals surface area contributed by atoms with E-state index in [-0.39, 0.29) is 48.6 Å². The van der Waals surface area contributed by atoms with Crippen molar-refractivity contribution in [2.75, 3.05) is 12.4 Å². The summed E-state index contributed by atoms with van der Waals surface area (Å²) in [7, 11) is 0. The molecule has 0 spiro atoms. The normalized spacial score (nSPS) is 17.3. The summed E-state index contributed by atoms with van der Waals surface area (Å²) in [6.45, 7) is 2.88. The average Bonchev–Trinajstić information content (AvgIpc) is 3.30. The molecule has 0 saturated carbocycles. The van der Waals surface area contributed by atoms with E-state index in [1.807, 2.05) is 72.8 Å². The summed E-state index contributed by atoms with van der Waals surface area (Å²) in [6, 6.07) is 34.3. The van der Waals surface area contributed by atoms with Gasteiger partial charge in [0.15, 0.2) is 18.2 Å². The smallest absolute Gasteiger partial charge is 0.356 e. The number of carbonyl (C=O) groups is 6. The molecular formula is C49H53N3O10S. The summed E-state index contributed by atoms with van der Waals surface area (Å²) in [5.74, 6) is -3.94. The van der Waals surface area contributed by atoms with Gasteiger partial charge in [0.05, 0.1) is 0 Å². The van der Waals surface area contributed by atoms with Crippen LogP contribution in [0.25, 0.3) is 0 Å². The fourth-order valence-corrected chi connectivity index (χ4v) is 9.28. The van der Waals surface area contributed by atoms with Crippen LogP contribution in [0.2, 0.25) is 0 Å². The lowest BCUT2D eigenvalue weighted by atomic mass is 10.0. The Hall–Kier alpha value is -6.25. The van der Waals surface area contributed by atoms with Crippen LogP contribution in [0.3, 0.4) is 0 Å². The molecule has 2 aliphatic heterocycles. The van der Waals surface area contributed by atoms with Crippen LogP contribution in [0.15, 0.2) is 133 Å². The first-order chi connectivity index (χ1) is 30.5. The van der Waals surface area contributed by atoms with E-state index in [4.69, 9.17) is 14.2 Å². The fraction of sp³-hybridized carbons (Fsp3) is 0.347. The molecule has 63 heavy (non-hydrogen) atoms. The molecule has 4 aromatic carbocycles. The van der Waals surface area contributed by atoms with Crippen molar-refractivity contribution in [3.63, 3.8) is 0 Å². The molecule has 2 heterocycles. The minimum atomic E-state index is -1.81. The highest BCUT2D eigenvalue weighted by atomic mass is 32.2. The second-order valence-electron chi connectivity index (χ2n) is 15.5. The van der Waals surface area contributed by atoms with E-state index in [0.29, 0.717) is 17.5 Å². The molecule has 0 radical (unpaired) electrons. The largest absolute Gasteiger partial charge is 0.614 e. The van der Waals surface area contributed by atoms with Gasteiger partial charge in [-0.15, -0.1) is 0 Å². The molecule has 6 rings (SSSR count). The zero-order valence-electron chi connectivity index (χ0n) is 35.4. The van der Waals surface area contributed by atoms with E-state index < -0.39 is 77.2 Å². The molecule has 4 aromatic rings. The highest BCUT2D eigenvalue weighted by Gasteiger charge is 2.61. The Kier molecular flexibility index (Phi) is 16.7. The summed E-state index contributed by atoms with van der Waals surface area (Å²) in [4.78, 5) is 81.4. The van der Waals surface area contributed by atoms with Crippen LogP contribution in [-0.4, -0.2) is 74.9 Å². The van der Waals surface area contributed by atoms with Gasteiger partial charge in [-0.05, 0) is 52.7 Å². The van der Waals surface area contributed by atoms with Gasteiger partial charge in [-0.2, -0.15) is 0 Å². The average molecular weight is 876 g/mol. The molecule has 1 fully saturated rings. The molecule has 3 amide bonds. The first-order valence-electron chi connectivity index (χ1n) is 21.3. The van der Waals surface area contributed by atoms with E-state index in [0.717, 1.165) is 35.3 Å². The van der Waals surface area contributed by atoms with Crippen molar-refractivity contribution < 1.29 is 47.5 Å². The van der Waals surface area contributed by atoms with Crippen LogP contribution in [0.4, 0.5) is 0 Å². The Morgan fingerprint density at radius 3 is 1.73 bits per heavy atom. The number of rotatable bonds is 21. The first kappa shape index (κ1) is 46.3. The lowest BCUT2D eigenvalue weighted by Gasteiger charge is -2.49.